The van der Waals surface area contributed by atoms with Gasteiger partial charge in [-0.2, -0.15) is 0 Å². The number of carbonyl (C=O) groups excluding carboxylic acids is 2. The van der Waals surface area contributed by atoms with E-state index in [1.54, 1.807) is 23.6 Å². The number of amides is 2. The molecule has 128 valence electrons. The van der Waals surface area contributed by atoms with E-state index in [0.717, 1.165) is 20.8 Å². The van der Waals surface area contributed by atoms with Crippen molar-refractivity contribution in [1.29, 1.82) is 0 Å². The molecule has 0 spiro atoms. The molecule has 0 bridgehead atoms. The monoisotopic (exact) mass is 354 g/mol. The van der Waals surface area contributed by atoms with E-state index in [1.807, 2.05) is 30.3 Å². The van der Waals surface area contributed by atoms with Crippen LogP contribution in [0.3, 0.4) is 0 Å². The molecule has 0 unspecified atom stereocenters. The Hall–Kier alpha value is -2.80. The first kappa shape index (κ1) is 17.0. The largest absolute Gasteiger partial charge is 0.356 e. The smallest absolute Gasteiger partial charge is 0.225 e. The Bertz CT molecular complexity index is 856. The fraction of sp³-hybridized carbons (Fsp3) is 0.222. The first-order chi connectivity index (χ1) is 12.1. The quantitative estimate of drug-likeness (QED) is 0.666. The number of nitrogens with zero attached hydrogens (tertiary/aromatic N) is 2. The number of para-hydroxylation sites is 1. The van der Waals surface area contributed by atoms with E-state index < -0.39 is 0 Å². The van der Waals surface area contributed by atoms with Crippen molar-refractivity contribution in [2.24, 2.45) is 0 Å². The van der Waals surface area contributed by atoms with E-state index in [2.05, 4.69) is 20.6 Å². The van der Waals surface area contributed by atoms with Crippen molar-refractivity contribution in [2.45, 2.75) is 19.8 Å². The molecule has 0 fully saturated rings. The normalized spacial score (nSPS) is 10.6. The highest BCUT2D eigenvalue weighted by Gasteiger charge is 2.08. The summed E-state index contributed by atoms with van der Waals surface area (Å²) in [6, 6.07) is 11.7. The Morgan fingerprint density at radius 2 is 2.00 bits per heavy atom. The topological polar surface area (TPSA) is 84.0 Å². The Kier molecular flexibility index (Phi) is 5.35. The number of fused-ring (bicyclic) bond motifs is 1. The molecule has 25 heavy (non-hydrogen) atoms. The lowest BCUT2D eigenvalue weighted by atomic mass is 10.2. The summed E-state index contributed by atoms with van der Waals surface area (Å²) < 4.78 is 1.13. The van der Waals surface area contributed by atoms with Crippen LogP contribution < -0.4 is 10.6 Å². The maximum Gasteiger partial charge on any atom is 0.225 e. The van der Waals surface area contributed by atoms with E-state index in [9.17, 15) is 9.59 Å². The van der Waals surface area contributed by atoms with Crippen LogP contribution >= 0.6 is 11.3 Å². The predicted octanol–water partition coefficient (Wildman–Crippen LogP) is 3.21. The van der Waals surface area contributed by atoms with Gasteiger partial charge >= 0.3 is 0 Å². The summed E-state index contributed by atoms with van der Waals surface area (Å²) in [5.41, 5.74) is 1.89. The number of anilines is 1. The molecule has 2 heterocycles. The fourth-order valence-electron chi connectivity index (χ4n) is 2.31. The summed E-state index contributed by atoms with van der Waals surface area (Å²) in [5, 5.41) is 6.32. The van der Waals surface area contributed by atoms with Crippen molar-refractivity contribution in [2.75, 3.05) is 11.9 Å². The van der Waals surface area contributed by atoms with E-state index >= 15 is 0 Å². The molecule has 2 amide bonds. The molecule has 0 aliphatic rings. The van der Waals surface area contributed by atoms with Gasteiger partial charge in [-0.3, -0.25) is 9.59 Å². The van der Waals surface area contributed by atoms with Crippen molar-refractivity contribution in [3.63, 3.8) is 0 Å². The number of hydrogen-bond acceptors (Lipinski definition) is 5. The maximum atomic E-state index is 11.9. The van der Waals surface area contributed by atoms with Gasteiger partial charge in [-0.1, -0.05) is 12.1 Å². The van der Waals surface area contributed by atoms with Crippen LogP contribution in [0.15, 0.2) is 42.6 Å². The van der Waals surface area contributed by atoms with Crippen LogP contribution in [0.25, 0.3) is 20.8 Å². The van der Waals surface area contributed by atoms with E-state index in [4.69, 9.17) is 0 Å². The molecule has 3 rings (SSSR count). The molecule has 0 aliphatic heterocycles. The third-order valence-corrected chi connectivity index (χ3v) is 4.61. The number of nitrogens with one attached hydrogen (secondary N) is 2. The summed E-state index contributed by atoms with van der Waals surface area (Å²) in [6.45, 7) is 1.95. The molecule has 0 aliphatic carbocycles. The van der Waals surface area contributed by atoms with Crippen LogP contribution in [-0.4, -0.2) is 28.3 Å². The van der Waals surface area contributed by atoms with Gasteiger partial charge in [-0.25, -0.2) is 9.97 Å². The minimum atomic E-state index is -0.120. The highest BCUT2D eigenvalue weighted by molar-refractivity contribution is 7.21. The average Bonchev–Trinajstić information content (AvgIpc) is 3.03. The summed E-state index contributed by atoms with van der Waals surface area (Å²) >= 11 is 1.61. The zero-order valence-corrected chi connectivity index (χ0v) is 14.6. The zero-order chi connectivity index (χ0) is 17.6. The second-order valence-electron chi connectivity index (χ2n) is 5.55. The van der Waals surface area contributed by atoms with E-state index in [-0.39, 0.29) is 11.8 Å². The summed E-state index contributed by atoms with van der Waals surface area (Å²) in [5.74, 6) is 0.299. The SMILES string of the molecule is CC(=O)NCCCC(=O)Nc1ccc(-c2nc3ccccc3s2)cn1. The van der Waals surface area contributed by atoms with Gasteiger partial charge in [-0.05, 0) is 30.7 Å². The number of hydrogen-bond donors (Lipinski definition) is 2. The number of aromatic nitrogens is 2. The van der Waals surface area contributed by atoms with Gasteiger partial charge in [0.25, 0.3) is 0 Å². The number of carbonyl (C=O) groups is 2. The summed E-state index contributed by atoms with van der Waals surface area (Å²) in [4.78, 5) is 31.5. The van der Waals surface area contributed by atoms with Crippen LogP contribution in [0.1, 0.15) is 19.8 Å². The average molecular weight is 354 g/mol. The van der Waals surface area contributed by atoms with Crippen molar-refractivity contribution in [3.8, 4) is 10.6 Å². The molecule has 7 heteroatoms. The van der Waals surface area contributed by atoms with Crippen LogP contribution in [0.4, 0.5) is 5.82 Å². The molecular weight excluding hydrogens is 336 g/mol. The van der Waals surface area contributed by atoms with E-state index in [0.29, 0.717) is 25.2 Å². The second kappa shape index (κ2) is 7.85. The number of pyridine rings is 1. The number of thiazole rings is 1. The van der Waals surface area contributed by atoms with Crippen molar-refractivity contribution in [1.82, 2.24) is 15.3 Å². The highest BCUT2D eigenvalue weighted by Crippen LogP contribution is 2.29. The lowest BCUT2D eigenvalue weighted by Crippen LogP contribution is -2.22. The Morgan fingerprint density at radius 1 is 1.16 bits per heavy atom. The number of benzene rings is 1. The standard InChI is InChI=1S/C18H18N4O2S/c1-12(23)19-10-4-7-17(24)22-16-9-8-13(11-20-16)18-21-14-5-2-3-6-15(14)25-18/h2-3,5-6,8-9,11H,4,7,10H2,1H3,(H,19,23)(H,20,22,24). The van der Waals surface area contributed by atoms with Crippen LogP contribution in [0, 0.1) is 0 Å². The van der Waals surface area contributed by atoms with Gasteiger partial charge in [0, 0.05) is 31.6 Å². The van der Waals surface area contributed by atoms with Gasteiger partial charge in [0.05, 0.1) is 10.2 Å². The van der Waals surface area contributed by atoms with Gasteiger partial charge in [0.2, 0.25) is 11.8 Å². The van der Waals surface area contributed by atoms with Crippen molar-refractivity contribution in [3.05, 3.63) is 42.6 Å². The molecule has 0 saturated carbocycles. The summed E-state index contributed by atoms with van der Waals surface area (Å²) in [6.07, 6.45) is 2.64. The lowest BCUT2D eigenvalue weighted by molar-refractivity contribution is -0.119. The van der Waals surface area contributed by atoms with E-state index in [1.165, 1.54) is 6.92 Å². The van der Waals surface area contributed by atoms with Crippen LogP contribution in [0.2, 0.25) is 0 Å². The highest BCUT2D eigenvalue weighted by atomic mass is 32.1. The van der Waals surface area contributed by atoms with Crippen LogP contribution in [-0.2, 0) is 9.59 Å². The molecular formula is C18H18N4O2S. The van der Waals surface area contributed by atoms with Crippen molar-refractivity contribution >= 4 is 39.2 Å². The fourth-order valence-corrected chi connectivity index (χ4v) is 3.26. The lowest BCUT2D eigenvalue weighted by Gasteiger charge is -2.05. The zero-order valence-electron chi connectivity index (χ0n) is 13.8. The molecule has 1 aromatic carbocycles. The first-order valence-corrected chi connectivity index (χ1v) is 8.80. The minimum Gasteiger partial charge on any atom is -0.356 e. The molecule has 3 aromatic rings. The van der Waals surface area contributed by atoms with Gasteiger partial charge in [0.1, 0.15) is 10.8 Å². The third-order valence-electron chi connectivity index (χ3n) is 3.53. The third kappa shape index (κ3) is 4.60. The Labute approximate surface area is 149 Å². The molecule has 2 N–H and O–H groups in total. The Balaban J connectivity index is 1.58. The maximum absolute atomic E-state index is 11.9. The summed E-state index contributed by atoms with van der Waals surface area (Å²) in [7, 11) is 0. The molecule has 0 atom stereocenters. The number of rotatable bonds is 6. The molecule has 6 nitrogen and oxygen atoms in total. The molecule has 0 radical (unpaired) electrons. The Morgan fingerprint density at radius 3 is 2.72 bits per heavy atom. The van der Waals surface area contributed by atoms with Gasteiger partial charge in [-0.15, -0.1) is 11.3 Å². The molecule has 2 aromatic heterocycles. The van der Waals surface area contributed by atoms with Crippen LogP contribution in [0.5, 0.6) is 0 Å². The second-order valence-corrected chi connectivity index (χ2v) is 6.58. The molecule has 0 saturated heterocycles. The van der Waals surface area contributed by atoms with Gasteiger partial charge in [0.15, 0.2) is 0 Å². The van der Waals surface area contributed by atoms with Crippen molar-refractivity contribution < 1.29 is 9.59 Å². The van der Waals surface area contributed by atoms with Gasteiger partial charge < -0.3 is 10.6 Å². The minimum absolute atomic E-state index is 0.0903. The predicted molar refractivity (Wildman–Crippen MR) is 99.4 cm³/mol. The first-order valence-electron chi connectivity index (χ1n) is 7.98.